The van der Waals surface area contributed by atoms with Crippen LogP contribution in [0, 0.1) is 5.82 Å². The Bertz CT molecular complexity index is 849. The molecule has 2 aliphatic rings. The van der Waals surface area contributed by atoms with Gasteiger partial charge in [-0.2, -0.15) is 0 Å². The molecule has 2 atom stereocenters. The molecule has 0 spiro atoms. The van der Waals surface area contributed by atoms with Crippen LogP contribution >= 0.6 is 0 Å². The van der Waals surface area contributed by atoms with E-state index >= 15 is 0 Å². The molecule has 1 saturated heterocycles. The number of hydrogen-bond acceptors (Lipinski definition) is 4. The molecule has 4 rings (SSSR count). The van der Waals surface area contributed by atoms with Gasteiger partial charge in [0.25, 0.3) is 0 Å². The highest BCUT2D eigenvalue weighted by Crippen LogP contribution is 2.40. The molecule has 2 heterocycles. The van der Waals surface area contributed by atoms with Crippen LogP contribution in [-0.2, 0) is 9.84 Å². The molecular formula is C17H16FNO3S. The van der Waals surface area contributed by atoms with Gasteiger partial charge >= 0.3 is 0 Å². The number of halogens is 1. The van der Waals surface area contributed by atoms with Crippen LogP contribution in [0.15, 0.2) is 52.3 Å². The SMILES string of the molecule is O=S(=O)(c1ccc(F)cc1)c1ccc2c(c1)OCC1NCCC21. The molecule has 2 aromatic rings. The summed E-state index contributed by atoms with van der Waals surface area (Å²) in [6, 6.07) is 10.2. The van der Waals surface area contributed by atoms with Gasteiger partial charge in [-0.05, 0) is 54.9 Å². The Hall–Kier alpha value is -1.92. The normalized spacial score (nSPS) is 23.0. The summed E-state index contributed by atoms with van der Waals surface area (Å²) in [6.07, 6.45) is 1.03. The smallest absolute Gasteiger partial charge is 0.206 e. The fourth-order valence-electron chi connectivity index (χ4n) is 3.36. The molecule has 0 amide bonds. The zero-order chi connectivity index (χ0) is 16.0. The van der Waals surface area contributed by atoms with Crippen LogP contribution in [0.25, 0.3) is 0 Å². The van der Waals surface area contributed by atoms with Crippen molar-refractivity contribution in [2.75, 3.05) is 13.2 Å². The Morgan fingerprint density at radius 3 is 2.61 bits per heavy atom. The van der Waals surface area contributed by atoms with E-state index in [1.54, 1.807) is 12.1 Å². The van der Waals surface area contributed by atoms with Gasteiger partial charge in [-0.25, -0.2) is 12.8 Å². The Morgan fingerprint density at radius 1 is 1.09 bits per heavy atom. The Kier molecular flexibility index (Phi) is 3.39. The highest BCUT2D eigenvalue weighted by molar-refractivity contribution is 7.91. The first-order chi connectivity index (χ1) is 11.1. The predicted molar refractivity (Wildman–Crippen MR) is 82.9 cm³/mol. The fraction of sp³-hybridized carbons (Fsp3) is 0.294. The van der Waals surface area contributed by atoms with E-state index in [4.69, 9.17) is 4.74 Å². The molecule has 4 nitrogen and oxygen atoms in total. The number of sulfone groups is 1. The van der Waals surface area contributed by atoms with Crippen LogP contribution in [-0.4, -0.2) is 27.6 Å². The monoisotopic (exact) mass is 333 g/mol. The van der Waals surface area contributed by atoms with Gasteiger partial charge in [0.2, 0.25) is 9.84 Å². The lowest BCUT2D eigenvalue weighted by atomic mass is 9.90. The minimum Gasteiger partial charge on any atom is -0.492 e. The van der Waals surface area contributed by atoms with Gasteiger partial charge in [-0.3, -0.25) is 0 Å². The summed E-state index contributed by atoms with van der Waals surface area (Å²) < 4.78 is 44.1. The number of fused-ring (bicyclic) bond motifs is 3. The molecule has 1 N–H and O–H groups in total. The lowest BCUT2D eigenvalue weighted by molar-refractivity contribution is 0.238. The van der Waals surface area contributed by atoms with Crippen LogP contribution in [0.4, 0.5) is 4.39 Å². The molecule has 120 valence electrons. The average Bonchev–Trinajstić information content (AvgIpc) is 3.03. The highest BCUT2D eigenvalue weighted by Gasteiger charge is 2.35. The number of nitrogens with one attached hydrogen (secondary N) is 1. The van der Waals surface area contributed by atoms with Gasteiger partial charge < -0.3 is 10.1 Å². The molecule has 0 aromatic heterocycles. The van der Waals surface area contributed by atoms with E-state index in [2.05, 4.69) is 5.32 Å². The topological polar surface area (TPSA) is 55.4 Å². The molecule has 1 fully saturated rings. The van der Waals surface area contributed by atoms with E-state index in [-0.39, 0.29) is 9.79 Å². The van der Waals surface area contributed by atoms with Crippen molar-refractivity contribution in [3.63, 3.8) is 0 Å². The molecule has 6 heteroatoms. The maximum atomic E-state index is 13.0. The average molecular weight is 333 g/mol. The van der Waals surface area contributed by atoms with Gasteiger partial charge in [0.05, 0.1) is 9.79 Å². The third-order valence-corrected chi connectivity index (χ3v) is 6.35. The van der Waals surface area contributed by atoms with Crippen LogP contribution in [0.3, 0.4) is 0 Å². The number of benzene rings is 2. The van der Waals surface area contributed by atoms with E-state index in [0.29, 0.717) is 24.3 Å². The molecule has 2 aliphatic heterocycles. The summed E-state index contributed by atoms with van der Waals surface area (Å²) in [7, 11) is -3.67. The maximum absolute atomic E-state index is 13.0. The molecule has 2 unspecified atom stereocenters. The summed E-state index contributed by atoms with van der Waals surface area (Å²) in [5.41, 5.74) is 1.06. The second kappa shape index (κ2) is 5.32. The van der Waals surface area contributed by atoms with Crippen LogP contribution in [0.5, 0.6) is 5.75 Å². The summed E-state index contributed by atoms with van der Waals surface area (Å²) >= 11 is 0. The minimum absolute atomic E-state index is 0.0788. The molecule has 2 aromatic carbocycles. The van der Waals surface area contributed by atoms with E-state index in [9.17, 15) is 12.8 Å². The van der Waals surface area contributed by atoms with Crippen molar-refractivity contribution >= 4 is 9.84 Å². The second-order valence-corrected chi connectivity index (χ2v) is 7.87. The van der Waals surface area contributed by atoms with E-state index in [1.165, 1.54) is 12.1 Å². The molecular weight excluding hydrogens is 317 g/mol. The highest BCUT2D eigenvalue weighted by atomic mass is 32.2. The Morgan fingerprint density at radius 2 is 1.83 bits per heavy atom. The fourth-order valence-corrected chi connectivity index (χ4v) is 4.63. The van der Waals surface area contributed by atoms with Crippen LogP contribution in [0.1, 0.15) is 17.9 Å². The van der Waals surface area contributed by atoms with Crippen molar-refractivity contribution in [1.29, 1.82) is 0 Å². The molecule has 0 aliphatic carbocycles. The van der Waals surface area contributed by atoms with Crippen molar-refractivity contribution in [3.05, 3.63) is 53.8 Å². The lowest BCUT2D eigenvalue weighted by Gasteiger charge is -2.28. The first-order valence-electron chi connectivity index (χ1n) is 7.56. The van der Waals surface area contributed by atoms with Gasteiger partial charge in [-0.1, -0.05) is 6.07 Å². The van der Waals surface area contributed by atoms with Crippen molar-refractivity contribution in [3.8, 4) is 5.75 Å². The first-order valence-corrected chi connectivity index (χ1v) is 9.05. The summed E-state index contributed by atoms with van der Waals surface area (Å²) in [5.74, 6) is 0.553. The number of ether oxygens (including phenoxy) is 1. The second-order valence-electron chi connectivity index (χ2n) is 5.92. The minimum atomic E-state index is -3.67. The lowest BCUT2D eigenvalue weighted by Crippen LogP contribution is -2.35. The Balaban J connectivity index is 1.74. The number of hydrogen-bond donors (Lipinski definition) is 1. The summed E-state index contributed by atoms with van der Waals surface area (Å²) in [5, 5.41) is 3.40. The van der Waals surface area contributed by atoms with Gasteiger partial charge in [0.1, 0.15) is 18.2 Å². The van der Waals surface area contributed by atoms with Gasteiger partial charge in [0, 0.05) is 12.0 Å². The van der Waals surface area contributed by atoms with Crippen molar-refractivity contribution in [2.45, 2.75) is 28.2 Å². The molecule has 23 heavy (non-hydrogen) atoms. The van der Waals surface area contributed by atoms with E-state index in [0.717, 1.165) is 30.7 Å². The summed E-state index contributed by atoms with van der Waals surface area (Å²) in [4.78, 5) is 0.252. The third-order valence-electron chi connectivity index (χ3n) is 4.58. The zero-order valence-corrected chi connectivity index (χ0v) is 13.1. The van der Waals surface area contributed by atoms with Crippen LogP contribution in [0.2, 0.25) is 0 Å². The zero-order valence-electron chi connectivity index (χ0n) is 12.3. The van der Waals surface area contributed by atoms with Crippen molar-refractivity contribution in [2.24, 2.45) is 0 Å². The Labute approximate surface area is 134 Å². The van der Waals surface area contributed by atoms with Crippen molar-refractivity contribution in [1.82, 2.24) is 5.32 Å². The van der Waals surface area contributed by atoms with Gasteiger partial charge in [-0.15, -0.1) is 0 Å². The van der Waals surface area contributed by atoms with Crippen molar-refractivity contribution < 1.29 is 17.5 Å². The molecule has 0 bridgehead atoms. The van der Waals surface area contributed by atoms with Crippen LogP contribution < -0.4 is 10.1 Å². The third kappa shape index (κ3) is 2.42. The maximum Gasteiger partial charge on any atom is 0.206 e. The van der Waals surface area contributed by atoms with Gasteiger partial charge in [0.15, 0.2) is 0 Å². The molecule has 0 saturated carbocycles. The first kappa shape index (κ1) is 14.7. The standard InChI is InChI=1S/C17H16FNO3S/c18-11-1-3-12(4-2-11)23(20,21)13-5-6-15-14-7-8-19-16(14)10-22-17(15)9-13/h1-6,9,14,16,19H,7-8,10H2. The molecule has 0 radical (unpaired) electrons. The quantitative estimate of drug-likeness (QED) is 0.858. The van der Waals surface area contributed by atoms with E-state index < -0.39 is 15.7 Å². The van der Waals surface area contributed by atoms with E-state index in [1.807, 2.05) is 6.07 Å². The largest absolute Gasteiger partial charge is 0.492 e. The predicted octanol–water partition coefficient (Wildman–Crippen LogP) is 2.50. The number of rotatable bonds is 2. The summed E-state index contributed by atoms with van der Waals surface area (Å²) in [6.45, 7) is 1.51.